The van der Waals surface area contributed by atoms with Gasteiger partial charge in [-0.15, -0.1) is 0 Å². The highest BCUT2D eigenvalue weighted by Gasteiger charge is 2.18. The summed E-state index contributed by atoms with van der Waals surface area (Å²) in [7, 11) is 0. The minimum absolute atomic E-state index is 0.166. The van der Waals surface area contributed by atoms with Crippen LogP contribution >= 0.6 is 0 Å². The summed E-state index contributed by atoms with van der Waals surface area (Å²) in [5, 5.41) is 3.16. The molecule has 3 N–H and O–H groups in total. The van der Waals surface area contributed by atoms with Crippen LogP contribution in [0.5, 0.6) is 0 Å². The van der Waals surface area contributed by atoms with Gasteiger partial charge < -0.3 is 16.0 Å². The molecule has 0 radical (unpaired) electrons. The van der Waals surface area contributed by atoms with Crippen LogP contribution in [0.1, 0.15) is 46.0 Å². The van der Waals surface area contributed by atoms with Gasteiger partial charge in [0.2, 0.25) is 5.91 Å². The number of nitrogens with two attached hydrogens (primary N) is 1. The van der Waals surface area contributed by atoms with Gasteiger partial charge in [-0.05, 0) is 51.2 Å². The first-order chi connectivity index (χ1) is 8.67. The summed E-state index contributed by atoms with van der Waals surface area (Å²) in [4.78, 5) is 13.8. The molecule has 2 atom stereocenters. The zero-order valence-corrected chi connectivity index (χ0v) is 12.0. The molecule has 2 unspecified atom stereocenters. The smallest absolute Gasteiger partial charge is 0.234 e. The number of hydrogen-bond donors (Lipinski definition) is 2. The van der Waals surface area contributed by atoms with Crippen LogP contribution in [0.2, 0.25) is 0 Å². The Hall–Kier alpha value is -0.610. The lowest BCUT2D eigenvalue weighted by molar-refractivity contribution is -0.120. The van der Waals surface area contributed by atoms with E-state index in [0.717, 1.165) is 25.4 Å². The molecule has 4 nitrogen and oxygen atoms in total. The van der Waals surface area contributed by atoms with E-state index in [-0.39, 0.29) is 11.9 Å². The van der Waals surface area contributed by atoms with Gasteiger partial charge in [0.05, 0.1) is 6.04 Å². The van der Waals surface area contributed by atoms with Crippen molar-refractivity contribution in [3.63, 3.8) is 0 Å². The van der Waals surface area contributed by atoms with E-state index in [1.807, 2.05) is 6.92 Å². The lowest BCUT2D eigenvalue weighted by Gasteiger charge is -2.22. The molecule has 0 aromatic heterocycles. The van der Waals surface area contributed by atoms with Crippen LogP contribution in [-0.4, -0.2) is 43.0 Å². The first-order valence-electron chi connectivity index (χ1n) is 7.42. The highest BCUT2D eigenvalue weighted by atomic mass is 16.1. The highest BCUT2D eigenvalue weighted by Crippen LogP contribution is 2.20. The maximum absolute atomic E-state index is 11.3. The predicted octanol–water partition coefficient (Wildman–Crippen LogP) is 1.35. The zero-order chi connectivity index (χ0) is 13.4. The lowest BCUT2D eigenvalue weighted by Crippen LogP contribution is -2.43. The van der Waals surface area contributed by atoms with E-state index in [4.69, 9.17) is 5.73 Å². The van der Waals surface area contributed by atoms with Gasteiger partial charge in [-0.2, -0.15) is 0 Å². The Morgan fingerprint density at radius 1 is 1.39 bits per heavy atom. The fourth-order valence-corrected chi connectivity index (χ4v) is 2.76. The molecule has 106 valence electrons. The molecule has 1 saturated heterocycles. The number of primary amides is 1. The monoisotopic (exact) mass is 255 g/mol. The molecule has 0 aromatic rings. The summed E-state index contributed by atoms with van der Waals surface area (Å²) >= 11 is 0. The summed E-state index contributed by atoms with van der Waals surface area (Å²) in [6.45, 7) is 8.43. The van der Waals surface area contributed by atoms with E-state index in [0.29, 0.717) is 0 Å². The third-order valence-corrected chi connectivity index (χ3v) is 4.05. The molecular weight excluding hydrogens is 226 g/mol. The first-order valence-corrected chi connectivity index (χ1v) is 7.42. The van der Waals surface area contributed by atoms with E-state index < -0.39 is 0 Å². The van der Waals surface area contributed by atoms with E-state index in [9.17, 15) is 4.79 Å². The van der Waals surface area contributed by atoms with Crippen LogP contribution in [0, 0.1) is 5.92 Å². The van der Waals surface area contributed by atoms with Crippen molar-refractivity contribution in [1.29, 1.82) is 0 Å². The van der Waals surface area contributed by atoms with Gasteiger partial charge in [0, 0.05) is 6.54 Å². The molecule has 1 heterocycles. The number of nitrogens with one attached hydrogen (secondary N) is 1. The topological polar surface area (TPSA) is 58.4 Å². The van der Waals surface area contributed by atoms with Crippen molar-refractivity contribution in [2.75, 3.05) is 26.2 Å². The second kappa shape index (κ2) is 8.48. The number of carbonyl (C=O) groups is 1. The SMILES string of the molecule is CCNC(CCN1CCCC(CC)CC1)C(N)=O. The van der Waals surface area contributed by atoms with Crippen molar-refractivity contribution in [1.82, 2.24) is 10.2 Å². The van der Waals surface area contributed by atoms with Gasteiger partial charge >= 0.3 is 0 Å². The highest BCUT2D eigenvalue weighted by molar-refractivity contribution is 5.79. The van der Waals surface area contributed by atoms with Crippen LogP contribution in [0.3, 0.4) is 0 Å². The molecule has 0 aliphatic carbocycles. The fraction of sp³-hybridized carbons (Fsp3) is 0.929. The van der Waals surface area contributed by atoms with E-state index in [1.165, 1.54) is 38.8 Å². The van der Waals surface area contributed by atoms with Crippen molar-refractivity contribution in [3.8, 4) is 0 Å². The summed E-state index contributed by atoms with van der Waals surface area (Å²) in [6, 6.07) is -0.166. The van der Waals surface area contributed by atoms with Crippen molar-refractivity contribution >= 4 is 5.91 Å². The van der Waals surface area contributed by atoms with Crippen molar-refractivity contribution in [2.45, 2.75) is 52.0 Å². The molecule has 0 aromatic carbocycles. The lowest BCUT2D eigenvalue weighted by atomic mass is 9.98. The maximum Gasteiger partial charge on any atom is 0.234 e. The van der Waals surface area contributed by atoms with Crippen LogP contribution in [0.4, 0.5) is 0 Å². The molecule has 0 saturated carbocycles. The van der Waals surface area contributed by atoms with Crippen molar-refractivity contribution < 1.29 is 4.79 Å². The summed E-state index contributed by atoms with van der Waals surface area (Å²) in [5.74, 6) is 0.675. The third-order valence-electron chi connectivity index (χ3n) is 4.05. The van der Waals surface area contributed by atoms with Gasteiger partial charge in [-0.25, -0.2) is 0 Å². The normalized spacial score (nSPS) is 23.6. The minimum atomic E-state index is -0.224. The van der Waals surface area contributed by atoms with Crippen LogP contribution < -0.4 is 11.1 Å². The number of likely N-dealkylation sites (tertiary alicyclic amines) is 1. The Morgan fingerprint density at radius 2 is 2.17 bits per heavy atom. The number of amides is 1. The molecule has 1 rings (SSSR count). The number of likely N-dealkylation sites (N-methyl/N-ethyl adjacent to an activating group) is 1. The van der Waals surface area contributed by atoms with Gasteiger partial charge in [-0.3, -0.25) is 4.79 Å². The molecule has 1 aliphatic rings. The van der Waals surface area contributed by atoms with Crippen molar-refractivity contribution in [3.05, 3.63) is 0 Å². The second-order valence-corrected chi connectivity index (χ2v) is 5.35. The average Bonchev–Trinajstić information content (AvgIpc) is 2.59. The van der Waals surface area contributed by atoms with E-state index in [1.54, 1.807) is 0 Å². The molecule has 1 fully saturated rings. The maximum atomic E-state index is 11.3. The molecule has 4 heteroatoms. The third kappa shape index (κ3) is 5.36. The quantitative estimate of drug-likeness (QED) is 0.722. The summed E-state index contributed by atoms with van der Waals surface area (Å²) < 4.78 is 0. The molecule has 0 spiro atoms. The molecule has 18 heavy (non-hydrogen) atoms. The summed E-state index contributed by atoms with van der Waals surface area (Å²) in [5.41, 5.74) is 5.39. The standard InChI is InChI=1S/C14H29N3O/c1-3-12-6-5-9-17(10-7-12)11-8-13(14(15)18)16-4-2/h12-13,16H,3-11H2,1-2H3,(H2,15,18). The van der Waals surface area contributed by atoms with Gasteiger partial charge in [0.1, 0.15) is 0 Å². The van der Waals surface area contributed by atoms with Crippen LogP contribution in [-0.2, 0) is 4.79 Å². The van der Waals surface area contributed by atoms with Gasteiger partial charge in [0.25, 0.3) is 0 Å². The molecule has 0 bridgehead atoms. The fourth-order valence-electron chi connectivity index (χ4n) is 2.76. The predicted molar refractivity (Wildman–Crippen MR) is 75.3 cm³/mol. The largest absolute Gasteiger partial charge is 0.368 e. The van der Waals surface area contributed by atoms with Gasteiger partial charge in [0.15, 0.2) is 0 Å². The van der Waals surface area contributed by atoms with Gasteiger partial charge in [-0.1, -0.05) is 20.3 Å². The molecular formula is C14H29N3O. The van der Waals surface area contributed by atoms with E-state index in [2.05, 4.69) is 17.1 Å². The Bertz CT molecular complexity index is 245. The number of rotatable bonds is 7. The van der Waals surface area contributed by atoms with Crippen molar-refractivity contribution in [2.24, 2.45) is 11.7 Å². The van der Waals surface area contributed by atoms with Crippen LogP contribution in [0.25, 0.3) is 0 Å². The number of hydrogen-bond acceptors (Lipinski definition) is 3. The summed E-state index contributed by atoms with van der Waals surface area (Å²) in [6.07, 6.45) is 6.09. The average molecular weight is 255 g/mol. The Labute approximate surface area is 111 Å². The van der Waals surface area contributed by atoms with Crippen LogP contribution in [0.15, 0.2) is 0 Å². The van der Waals surface area contributed by atoms with E-state index >= 15 is 0 Å². The number of carbonyl (C=O) groups excluding carboxylic acids is 1. The Balaban J connectivity index is 2.31. The first kappa shape index (κ1) is 15.4. The Morgan fingerprint density at radius 3 is 2.78 bits per heavy atom. The zero-order valence-electron chi connectivity index (χ0n) is 12.0. The molecule has 1 amide bonds. The minimum Gasteiger partial charge on any atom is -0.368 e. The second-order valence-electron chi connectivity index (χ2n) is 5.35. The number of nitrogens with zero attached hydrogens (tertiary/aromatic N) is 1. The molecule has 1 aliphatic heterocycles. The Kier molecular flexibility index (Phi) is 7.28.